The number of benzene rings is 1. The number of ether oxygens (including phenoxy) is 1. The van der Waals surface area contributed by atoms with Crippen molar-refractivity contribution in [3.63, 3.8) is 0 Å². The minimum atomic E-state index is -0.406. The number of hydrogen-bond donors (Lipinski definition) is 1. The van der Waals surface area contributed by atoms with Gasteiger partial charge in [0.05, 0.1) is 12.7 Å². The fourth-order valence-electron chi connectivity index (χ4n) is 3.36. The van der Waals surface area contributed by atoms with Gasteiger partial charge in [-0.05, 0) is 37.8 Å². The third kappa shape index (κ3) is 2.53. The van der Waals surface area contributed by atoms with Crippen LogP contribution in [-0.2, 0) is 17.6 Å². The number of carbonyl (C=O) groups excluding carboxylic acids is 2. The topological polar surface area (TPSA) is 68.5 Å². The lowest BCUT2D eigenvalue weighted by atomic mass is 10.1. The van der Waals surface area contributed by atoms with Crippen LogP contribution in [0.3, 0.4) is 0 Å². The lowest BCUT2D eigenvalue weighted by Crippen LogP contribution is -2.14. The van der Waals surface area contributed by atoms with Gasteiger partial charge in [-0.15, -0.1) is 11.3 Å². The summed E-state index contributed by atoms with van der Waals surface area (Å²) in [5.74, 6) is -0.486. The summed E-state index contributed by atoms with van der Waals surface area (Å²) in [6, 6.07) is 7.53. The number of amides is 1. The van der Waals surface area contributed by atoms with Crippen LogP contribution in [0.15, 0.2) is 28.7 Å². The molecule has 3 aromatic rings. The second-order valence-corrected chi connectivity index (χ2v) is 7.16. The highest BCUT2D eigenvalue weighted by molar-refractivity contribution is 7.17. The molecular weight excluding hydrogens is 338 g/mol. The standard InChI is InChI=1S/C19H17NO4S/c1-10-11-6-3-4-8-13(11)24-16(10)17(21)20-18-15(19(22)23-2)12-7-5-9-14(12)25-18/h3-4,6,8H,5,7,9H2,1-2H3,(H,20,21). The molecule has 0 radical (unpaired) electrons. The quantitative estimate of drug-likeness (QED) is 0.710. The van der Waals surface area contributed by atoms with Gasteiger partial charge in [-0.2, -0.15) is 0 Å². The normalized spacial score (nSPS) is 13.0. The number of methoxy groups -OCH3 is 1. The Bertz CT molecular complexity index is 998. The van der Waals surface area contributed by atoms with E-state index in [-0.39, 0.29) is 11.7 Å². The summed E-state index contributed by atoms with van der Waals surface area (Å²) in [4.78, 5) is 26.1. The lowest BCUT2D eigenvalue weighted by molar-refractivity contribution is 0.0601. The average molecular weight is 355 g/mol. The van der Waals surface area contributed by atoms with Crippen LogP contribution in [0.1, 0.15) is 43.3 Å². The van der Waals surface area contributed by atoms with Gasteiger partial charge >= 0.3 is 5.97 Å². The van der Waals surface area contributed by atoms with E-state index in [2.05, 4.69) is 5.32 Å². The van der Waals surface area contributed by atoms with Crippen LogP contribution in [0.2, 0.25) is 0 Å². The molecule has 25 heavy (non-hydrogen) atoms. The first kappa shape index (κ1) is 15.9. The number of thiophene rings is 1. The second-order valence-electron chi connectivity index (χ2n) is 6.06. The molecule has 2 aromatic heterocycles. The number of para-hydroxylation sites is 1. The van der Waals surface area contributed by atoms with Crippen LogP contribution in [0.4, 0.5) is 5.00 Å². The van der Waals surface area contributed by atoms with Crippen LogP contribution in [0, 0.1) is 6.92 Å². The predicted molar refractivity (Wildman–Crippen MR) is 96.6 cm³/mol. The van der Waals surface area contributed by atoms with Gasteiger partial charge in [0.15, 0.2) is 5.76 Å². The molecule has 5 nitrogen and oxygen atoms in total. The molecule has 0 aliphatic heterocycles. The smallest absolute Gasteiger partial charge is 0.341 e. The van der Waals surface area contributed by atoms with Crippen molar-refractivity contribution < 1.29 is 18.7 Å². The van der Waals surface area contributed by atoms with Gasteiger partial charge in [-0.1, -0.05) is 18.2 Å². The van der Waals surface area contributed by atoms with Crippen LogP contribution in [0.5, 0.6) is 0 Å². The molecule has 0 spiro atoms. The van der Waals surface area contributed by atoms with Crippen molar-refractivity contribution in [3.05, 3.63) is 51.6 Å². The first-order valence-corrected chi connectivity index (χ1v) is 8.94. The van der Waals surface area contributed by atoms with E-state index in [0.29, 0.717) is 16.1 Å². The summed E-state index contributed by atoms with van der Waals surface area (Å²) in [7, 11) is 1.36. The van der Waals surface area contributed by atoms with E-state index >= 15 is 0 Å². The number of aryl methyl sites for hydroxylation is 2. The van der Waals surface area contributed by atoms with E-state index in [9.17, 15) is 9.59 Å². The van der Waals surface area contributed by atoms with Crippen molar-refractivity contribution in [2.24, 2.45) is 0 Å². The van der Waals surface area contributed by atoms with Crippen LogP contribution >= 0.6 is 11.3 Å². The van der Waals surface area contributed by atoms with Gasteiger partial charge < -0.3 is 14.5 Å². The third-order valence-electron chi connectivity index (χ3n) is 4.59. The van der Waals surface area contributed by atoms with Gasteiger partial charge in [0.1, 0.15) is 10.6 Å². The molecule has 1 N–H and O–H groups in total. The summed E-state index contributed by atoms with van der Waals surface area (Å²) in [6.45, 7) is 1.86. The molecule has 1 aliphatic carbocycles. The van der Waals surface area contributed by atoms with Gasteiger partial charge in [-0.25, -0.2) is 4.79 Å². The molecule has 0 saturated carbocycles. The summed E-state index contributed by atoms with van der Waals surface area (Å²) in [6.07, 6.45) is 2.81. The Kier molecular flexibility index (Phi) is 3.84. The van der Waals surface area contributed by atoms with Crippen molar-refractivity contribution in [2.75, 3.05) is 12.4 Å². The Morgan fingerprint density at radius 1 is 1.24 bits per heavy atom. The first-order chi connectivity index (χ1) is 12.1. The molecule has 6 heteroatoms. The molecular formula is C19H17NO4S. The van der Waals surface area contributed by atoms with E-state index in [4.69, 9.17) is 9.15 Å². The van der Waals surface area contributed by atoms with Crippen LogP contribution in [-0.4, -0.2) is 19.0 Å². The van der Waals surface area contributed by atoms with Crippen molar-refractivity contribution in [1.29, 1.82) is 0 Å². The number of furan rings is 1. The molecule has 1 amide bonds. The highest BCUT2D eigenvalue weighted by atomic mass is 32.1. The van der Waals surface area contributed by atoms with E-state index in [0.717, 1.165) is 40.7 Å². The number of fused-ring (bicyclic) bond motifs is 2. The number of hydrogen-bond acceptors (Lipinski definition) is 5. The fraction of sp³-hybridized carbons (Fsp3) is 0.263. The van der Waals surface area contributed by atoms with Crippen LogP contribution in [0.25, 0.3) is 11.0 Å². The summed E-state index contributed by atoms with van der Waals surface area (Å²) >= 11 is 1.45. The summed E-state index contributed by atoms with van der Waals surface area (Å²) < 4.78 is 10.6. The number of rotatable bonds is 3. The third-order valence-corrected chi connectivity index (χ3v) is 5.80. The Balaban J connectivity index is 1.71. The number of nitrogens with one attached hydrogen (secondary N) is 1. The number of carbonyl (C=O) groups is 2. The number of esters is 1. The molecule has 0 bridgehead atoms. The molecule has 128 valence electrons. The molecule has 0 unspecified atom stereocenters. The second kappa shape index (κ2) is 6.04. The van der Waals surface area contributed by atoms with E-state index in [1.165, 1.54) is 18.4 Å². The van der Waals surface area contributed by atoms with Crippen molar-refractivity contribution in [3.8, 4) is 0 Å². The van der Waals surface area contributed by atoms with Crippen molar-refractivity contribution in [2.45, 2.75) is 26.2 Å². The van der Waals surface area contributed by atoms with Gasteiger partial charge in [-0.3, -0.25) is 4.79 Å². The van der Waals surface area contributed by atoms with E-state index in [1.807, 2.05) is 31.2 Å². The summed E-state index contributed by atoms with van der Waals surface area (Å²) in [5, 5.41) is 4.31. The average Bonchev–Trinajstić information content (AvgIpc) is 3.28. The lowest BCUT2D eigenvalue weighted by Gasteiger charge is -2.06. The molecule has 1 aliphatic rings. The SMILES string of the molecule is COC(=O)c1c(NC(=O)c2oc3ccccc3c2C)sc2c1CCC2. The molecule has 4 rings (SSSR count). The first-order valence-electron chi connectivity index (χ1n) is 8.12. The summed E-state index contributed by atoms with van der Waals surface area (Å²) in [5.41, 5.74) is 2.96. The van der Waals surface area contributed by atoms with Gasteiger partial charge in [0, 0.05) is 15.8 Å². The monoisotopic (exact) mass is 355 g/mol. The van der Waals surface area contributed by atoms with Crippen molar-refractivity contribution >= 4 is 39.2 Å². The maximum Gasteiger partial charge on any atom is 0.341 e. The maximum atomic E-state index is 12.7. The minimum Gasteiger partial charge on any atom is -0.465 e. The highest BCUT2D eigenvalue weighted by Gasteiger charge is 2.29. The largest absolute Gasteiger partial charge is 0.465 e. The molecule has 0 atom stereocenters. The Morgan fingerprint density at radius 2 is 2.04 bits per heavy atom. The Labute approximate surface area is 148 Å². The zero-order valence-electron chi connectivity index (χ0n) is 14.0. The maximum absolute atomic E-state index is 12.7. The zero-order valence-corrected chi connectivity index (χ0v) is 14.8. The molecule has 0 fully saturated rings. The Hall–Kier alpha value is -2.60. The molecule has 0 saturated heterocycles. The minimum absolute atomic E-state index is 0.269. The van der Waals surface area contributed by atoms with Crippen molar-refractivity contribution in [1.82, 2.24) is 0 Å². The zero-order chi connectivity index (χ0) is 17.6. The number of anilines is 1. The predicted octanol–water partition coefficient (Wildman–Crippen LogP) is 4.33. The highest BCUT2D eigenvalue weighted by Crippen LogP contribution is 2.40. The van der Waals surface area contributed by atoms with E-state index < -0.39 is 5.97 Å². The molecule has 2 heterocycles. The fourth-order valence-corrected chi connectivity index (χ4v) is 4.63. The van der Waals surface area contributed by atoms with Gasteiger partial charge in [0.2, 0.25) is 0 Å². The van der Waals surface area contributed by atoms with Crippen LogP contribution < -0.4 is 5.32 Å². The Morgan fingerprint density at radius 3 is 2.80 bits per heavy atom. The van der Waals surface area contributed by atoms with E-state index in [1.54, 1.807) is 0 Å². The molecule has 1 aromatic carbocycles. The van der Waals surface area contributed by atoms with Gasteiger partial charge in [0.25, 0.3) is 5.91 Å².